The van der Waals surface area contributed by atoms with Crippen molar-refractivity contribution in [1.82, 2.24) is 0 Å². The number of hydrogen-bond donors (Lipinski definition) is 1. The summed E-state index contributed by atoms with van der Waals surface area (Å²) in [6.07, 6.45) is 0. The van der Waals surface area contributed by atoms with E-state index >= 15 is 0 Å². The molecule has 0 amide bonds. The van der Waals surface area contributed by atoms with Crippen molar-refractivity contribution in [1.29, 1.82) is 0 Å². The van der Waals surface area contributed by atoms with Gasteiger partial charge in [0.25, 0.3) is 10.1 Å². The molecule has 8 heteroatoms. The van der Waals surface area contributed by atoms with E-state index in [1.165, 1.54) is 27.1 Å². The van der Waals surface area contributed by atoms with Crippen molar-refractivity contribution in [2.45, 2.75) is 9.79 Å². The highest BCUT2D eigenvalue weighted by Crippen LogP contribution is 2.28. The minimum absolute atomic E-state index is 0.174. The Bertz CT molecular complexity index is 511. The summed E-state index contributed by atoms with van der Waals surface area (Å²) in [5, 5.41) is 0. The number of rotatable bonds is 3. The zero-order valence-electron chi connectivity index (χ0n) is 8.01. The minimum Gasteiger partial charge on any atom is -0.465 e. The van der Waals surface area contributed by atoms with Gasteiger partial charge in [-0.25, -0.2) is 4.79 Å². The van der Waals surface area contributed by atoms with Crippen LogP contribution in [0.1, 0.15) is 10.4 Å². The second-order valence-corrected chi connectivity index (χ2v) is 6.04. The molecule has 0 saturated carbocycles. The lowest BCUT2D eigenvalue weighted by Gasteiger charge is -2.06. The Morgan fingerprint density at radius 3 is 2.56 bits per heavy atom. The molecule has 0 bridgehead atoms. The van der Waals surface area contributed by atoms with Crippen LogP contribution >= 0.6 is 30.1 Å². The largest absolute Gasteiger partial charge is 0.465 e. The van der Waals surface area contributed by atoms with Crippen molar-refractivity contribution in [2.24, 2.45) is 0 Å². The highest BCUT2D eigenvalue weighted by molar-refractivity contribution is 14.2. The van der Waals surface area contributed by atoms with Crippen molar-refractivity contribution in [3.05, 3.63) is 23.8 Å². The molecule has 1 rings (SSSR count). The third-order valence-electron chi connectivity index (χ3n) is 1.72. The number of methoxy groups -OCH3 is 1. The average Bonchev–Trinajstić information content (AvgIpc) is 2.25. The topological polar surface area (TPSA) is 80.7 Å². The van der Waals surface area contributed by atoms with Gasteiger partial charge in [0.15, 0.2) is 0 Å². The normalized spacial score (nSPS) is 11.2. The highest BCUT2D eigenvalue weighted by atomic mass is 127. The van der Waals surface area contributed by atoms with Crippen LogP contribution in [0.5, 0.6) is 0 Å². The molecule has 0 aliphatic rings. The predicted octanol–water partition coefficient (Wildman–Crippen LogP) is 2.16. The van der Waals surface area contributed by atoms with Crippen molar-refractivity contribution in [3.63, 3.8) is 0 Å². The molecule has 0 spiro atoms. The maximum absolute atomic E-state index is 11.3. The molecule has 0 radical (unpaired) electrons. The fraction of sp³-hybridized carbons (Fsp3) is 0.125. The molecule has 0 saturated heterocycles. The molecule has 0 aliphatic carbocycles. The number of carbonyl (C=O) groups excluding carboxylic acids is 1. The van der Waals surface area contributed by atoms with E-state index in [2.05, 4.69) is 4.74 Å². The molecule has 0 heterocycles. The first-order chi connectivity index (χ1) is 7.40. The molecule has 16 heavy (non-hydrogen) atoms. The molecule has 0 unspecified atom stereocenters. The lowest BCUT2D eigenvalue weighted by Crippen LogP contribution is -2.10. The van der Waals surface area contributed by atoms with Crippen LogP contribution in [0, 0.1) is 0 Å². The fourth-order valence-electron chi connectivity index (χ4n) is 1.05. The molecule has 88 valence electrons. The standard InChI is InChI=1S/C8H7IO5S2/c1-14-8(10)6-4-5(15-9)2-3-7(6)16(11,12)13/h2-4H,1H3,(H,11,12,13). The summed E-state index contributed by atoms with van der Waals surface area (Å²) in [4.78, 5) is 11.6. The van der Waals surface area contributed by atoms with Gasteiger partial charge in [-0.15, -0.1) is 0 Å². The van der Waals surface area contributed by atoms with Gasteiger partial charge in [-0.05, 0) is 18.2 Å². The van der Waals surface area contributed by atoms with Crippen molar-refractivity contribution in [3.8, 4) is 0 Å². The lowest BCUT2D eigenvalue weighted by molar-refractivity contribution is 0.0595. The van der Waals surface area contributed by atoms with E-state index in [1.807, 2.05) is 21.2 Å². The zero-order valence-corrected chi connectivity index (χ0v) is 11.8. The molecule has 1 N–H and O–H groups in total. The smallest absolute Gasteiger partial charge is 0.339 e. The molecule has 1 aromatic rings. The summed E-state index contributed by atoms with van der Waals surface area (Å²) in [6, 6.07) is 4.02. The second-order valence-electron chi connectivity index (χ2n) is 2.70. The van der Waals surface area contributed by atoms with Crippen LogP contribution in [-0.4, -0.2) is 26.0 Å². The maximum Gasteiger partial charge on any atom is 0.339 e. The van der Waals surface area contributed by atoms with E-state index in [-0.39, 0.29) is 5.56 Å². The number of hydrogen-bond acceptors (Lipinski definition) is 5. The number of halogens is 1. The molecule has 0 fully saturated rings. The molecule has 0 aromatic heterocycles. The third kappa shape index (κ3) is 3.09. The number of esters is 1. The predicted molar refractivity (Wildman–Crippen MR) is 67.5 cm³/mol. The Morgan fingerprint density at radius 1 is 1.50 bits per heavy atom. The molecule has 0 aliphatic heterocycles. The quantitative estimate of drug-likeness (QED) is 0.496. The first kappa shape index (κ1) is 13.7. The van der Waals surface area contributed by atoms with Crippen LogP contribution in [-0.2, 0) is 14.9 Å². The van der Waals surface area contributed by atoms with E-state index in [9.17, 15) is 13.2 Å². The summed E-state index contributed by atoms with van der Waals surface area (Å²) in [5.41, 5.74) is -0.174. The van der Waals surface area contributed by atoms with E-state index in [0.717, 1.165) is 7.11 Å². The van der Waals surface area contributed by atoms with Crippen molar-refractivity contribution < 1.29 is 22.5 Å². The van der Waals surface area contributed by atoms with E-state index in [0.29, 0.717) is 4.90 Å². The number of carbonyl (C=O) groups is 1. The fourth-order valence-corrected chi connectivity index (χ4v) is 2.82. The first-order valence-corrected chi connectivity index (χ1v) is 8.68. The Hall–Kier alpha value is -0.320. The summed E-state index contributed by atoms with van der Waals surface area (Å²) in [5.74, 6) is -0.806. The van der Waals surface area contributed by atoms with Gasteiger partial charge < -0.3 is 4.74 Å². The van der Waals surface area contributed by atoms with Crippen LogP contribution < -0.4 is 0 Å². The van der Waals surface area contributed by atoms with E-state index in [1.54, 1.807) is 0 Å². The Morgan fingerprint density at radius 2 is 2.12 bits per heavy atom. The highest BCUT2D eigenvalue weighted by Gasteiger charge is 2.21. The van der Waals surface area contributed by atoms with Gasteiger partial charge in [0.1, 0.15) is 4.90 Å². The SMILES string of the molecule is COC(=O)c1cc(SI)ccc1S(=O)(=O)O. The van der Waals surface area contributed by atoms with Crippen molar-refractivity contribution in [2.75, 3.05) is 7.11 Å². The van der Waals surface area contributed by atoms with Crippen LogP contribution in [0.25, 0.3) is 0 Å². The average molecular weight is 374 g/mol. The van der Waals surface area contributed by atoms with Crippen LogP contribution in [0.3, 0.4) is 0 Å². The van der Waals surface area contributed by atoms with Gasteiger partial charge in [-0.2, -0.15) is 8.42 Å². The number of benzene rings is 1. The molecule has 5 nitrogen and oxygen atoms in total. The van der Waals surface area contributed by atoms with Crippen LogP contribution in [0.15, 0.2) is 28.0 Å². The molecular weight excluding hydrogens is 367 g/mol. The minimum atomic E-state index is -4.43. The van der Waals surface area contributed by atoms with Gasteiger partial charge >= 0.3 is 5.97 Å². The molecule has 1 aromatic carbocycles. The van der Waals surface area contributed by atoms with Gasteiger partial charge in [-0.1, -0.05) is 8.93 Å². The summed E-state index contributed by atoms with van der Waals surface area (Å²) in [7, 11) is -1.97. The van der Waals surface area contributed by atoms with Crippen LogP contribution in [0.4, 0.5) is 0 Å². The van der Waals surface area contributed by atoms with Gasteiger partial charge in [0.05, 0.1) is 12.7 Å². The first-order valence-electron chi connectivity index (χ1n) is 3.88. The van der Waals surface area contributed by atoms with Crippen LogP contribution in [0.2, 0.25) is 0 Å². The summed E-state index contributed by atoms with van der Waals surface area (Å²) >= 11 is 1.99. The summed E-state index contributed by atoms with van der Waals surface area (Å²) in [6.45, 7) is 0. The summed E-state index contributed by atoms with van der Waals surface area (Å²) < 4.78 is 35.4. The molecule has 0 atom stereocenters. The van der Waals surface area contributed by atoms with Crippen molar-refractivity contribution >= 4 is 46.2 Å². The van der Waals surface area contributed by atoms with Gasteiger partial charge in [-0.3, -0.25) is 4.55 Å². The lowest BCUT2D eigenvalue weighted by atomic mass is 10.2. The third-order valence-corrected chi connectivity index (χ3v) is 4.59. The second kappa shape index (κ2) is 5.34. The maximum atomic E-state index is 11.3. The Labute approximate surface area is 109 Å². The van der Waals surface area contributed by atoms with E-state index < -0.39 is 21.0 Å². The van der Waals surface area contributed by atoms with Gasteiger partial charge in [0, 0.05) is 26.1 Å². The Balaban J connectivity index is 3.45. The monoisotopic (exact) mass is 374 g/mol. The van der Waals surface area contributed by atoms with Gasteiger partial charge in [0.2, 0.25) is 0 Å². The number of ether oxygens (including phenoxy) is 1. The zero-order chi connectivity index (χ0) is 12.3. The Kier molecular flexibility index (Phi) is 4.59. The van der Waals surface area contributed by atoms with E-state index in [4.69, 9.17) is 4.55 Å². The molecular formula is C8H7IO5S2.